The fraction of sp³-hybridized carbons (Fsp3) is 0.444. The number of ether oxygens (including phenoxy) is 1. The highest BCUT2D eigenvalue weighted by Crippen LogP contribution is 2.30. The van der Waals surface area contributed by atoms with Gasteiger partial charge in [-0.25, -0.2) is 14.8 Å². The van der Waals surface area contributed by atoms with Crippen molar-refractivity contribution in [3.8, 4) is 0 Å². The standard InChI is InChI=1S/C18H22ClN5O4S/c1-4-9-13(17(26)27)29-18(22-9)24-7-6-11(12(8-24)28-3)21-16(25)15-20-10(5-2)14(19)23-15/h4,11-12H,1,5-8H2,2-3H3,(H,20,23)(H,21,25)(H,26,27)/t11-,12+/m0/s1. The molecule has 2 aromatic rings. The van der Waals surface area contributed by atoms with Crippen LogP contribution in [0.1, 0.15) is 45.0 Å². The molecule has 0 unspecified atom stereocenters. The minimum Gasteiger partial charge on any atom is -0.477 e. The van der Waals surface area contributed by atoms with E-state index in [0.29, 0.717) is 47.6 Å². The van der Waals surface area contributed by atoms with E-state index < -0.39 is 5.97 Å². The van der Waals surface area contributed by atoms with Crippen molar-refractivity contribution in [1.82, 2.24) is 20.3 Å². The van der Waals surface area contributed by atoms with Crippen LogP contribution in [0.2, 0.25) is 5.15 Å². The Kier molecular flexibility index (Phi) is 6.56. The summed E-state index contributed by atoms with van der Waals surface area (Å²) < 4.78 is 5.58. The lowest BCUT2D eigenvalue weighted by Gasteiger charge is -2.37. The molecule has 11 heteroatoms. The smallest absolute Gasteiger partial charge is 0.348 e. The highest BCUT2D eigenvalue weighted by atomic mass is 35.5. The van der Waals surface area contributed by atoms with Gasteiger partial charge >= 0.3 is 5.97 Å². The number of carboxylic acid groups (broad SMARTS) is 1. The zero-order chi connectivity index (χ0) is 21.1. The van der Waals surface area contributed by atoms with E-state index in [-0.39, 0.29) is 28.8 Å². The van der Waals surface area contributed by atoms with Gasteiger partial charge in [0.2, 0.25) is 0 Å². The molecule has 0 aliphatic carbocycles. The van der Waals surface area contributed by atoms with Gasteiger partial charge in [-0.05, 0) is 18.9 Å². The molecule has 2 atom stereocenters. The maximum atomic E-state index is 12.5. The average molecular weight is 440 g/mol. The number of aromatic nitrogens is 3. The Morgan fingerprint density at radius 2 is 2.28 bits per heavy atom. The molecule has 0 spiro atoms. The number of piperidine rings is 1. The third kappa shape index (κ3) is 4.44. The average Bonchev–Trinajstić information content (AvgIpc) is 3.31. The number of carboxylic acids is 1. The summed E-state index contributed by atoms with van der Waals surface area (Å²) in [5, 5.41) is 13.1. The molecule has 156 valence electrons. The summed E-state index contributed by atoms with van der Waals surface area (Å²) in [5.74, 6) is -1.20. The number of anilines is 1. The second-order valence-corrected chi connectivity index (χ2v) is 7.85. The van der Waals surface area contributed by atoms with Crippen molar-refractivity contribution in [2.75, 3.05) is 25.1 Å². The van der Waals surface area contributed by atoms with Crippen molar-refractivity contribution in [2.45, 2.75) is 31.9 Å². The molecule has 0 radical (unpaired) electrons. The van der Waals surface area contributed by atoms with E-state index in [4.69, 9.17) is 16.3 Å². The van der Waals surface area contributed by atoms with Crippen LogP contribution in [-0.2, 0) is 11.2 Å². The molecule has 3 N–H and O–H groups in total. The predicted molar refractivity (Wildman–Crippen MR) is 111 cm³/mol. The number of carbonyl (C=O) groups is 2. The lowest BCUT2D eigenvalue weighted by atomic mass is 10.0. The van der Waals surface area contributed by atoms with Crippen molar-refractivity contribution < 1.29 is 19.4 Å². The molecule has 29 heavy (non-hydrogen) atoms. The van der Waals surface area contributed by atoms with Crippen molar-refractivity contribution in [1.29, 1.82) is 0 Å². The number of hydrogen-bond acceptors (Lipinski definition) is 7. The molecule has 0 saturated carbocycles. The first-order valence-corrected chi connectivity index (χ1v) is 10.3. The Morgan fingerprint density at radius 3 is 2.83 bits per heavy atom. The molecule has 1 saturated heterocycles. The van der Waals surface area contributed by atoms with Gasteiger partial charge in [0.1, 0.15) is 4.88 Å². The van der Waals surface area contributed by atoms with Crippen LogP contribution in [0.4, 0.5) is 5.13 Å². The Labute approximate surface area is 176 Å². The third-order valence-electron chi connectivity index (χ3n) is 4.78. The van der Waals surface area contributed by atoms with Crippen LogP contribution in [-0.4, -0.2) is 64.3 Å². The summed E-state index contributed by atoms with van der Waals surface area (Å²) >= 11 is 7.12. The van der Waals surface area contributed by atoms with Crippen LogP contribution >= 0.6 is 22.9 Å². The highest BCUT2D eigenvalue weighted by Gasteiger charge is 2.33. The number of halogens is 1. The molecule has 3 heterocycles. The molecule has 3 rings (SSSR count). The number of thiazole rings is 1. The van der Waals surface area contributed by atoms with Gasteiger partial charge < -0.3 is 25.0 Å². The largest absolute Gasteiger partial charge is 0.477 e. The van der Waals surface area contributed by atoms with E-state index in [0.717, 1.165) is 11.3 Å². The number of nitrogens with one attached hydrogen (secondary N) is 2. The Morgan fingerprint density at radius 1 is 1.52 bits per heavy atom. The summed E-state index contributed by atoms with van der Waals surface area (Å²) in [6.45, 7) is 6.60. The van der Waals surface area contributed by atoms with Gasteiger partial charge in [0.15, 0.2) is 16.1 Å². The molecule has 1 aliphatic rings. The SMILES string of the molecule is C=Cc1nc(N2CC[C@H](NC(=O)c3nc(Cl)c(CC)[nH]3)[C@H](OC)C2)sc1C(=O)O. The van der Waals surface area contributed by atoms with E-state index in [1.165, 1.54) is 6.08 Å². The normalized spacial score (nSPS) is 19.2. The third-order valence-corrected chi connectivity index (χ3v) is 6.21. The van der Waals surface area contributed by atoms with Crippen LogP contribution in [0.5, 0.6) is 0 Å². The number of imidazole rings is 1. The van der Waals surface area contributed by atoms with Crippen LogP contribution in [0.25, 0.3) is 6.08 Å². The monoisotopic (exact) mass is 439 g/mol. The van der Waals surface area contributed by atoms with Crippen molar-refractivity contribution in [3.63, 3.8) is 0 Å². The molecule has 0 bridgehead atoms. The fourth-order valence-corrected chi connectivity index (χ4v) is 4.42. The minimum absolute atomic E-state index is 0.154. The second kappa shape index (κ2) is 8.93. The lowest BCUT2D eigenvalue weighted by molar-refractivity contribution is 0.0538. The summed E-state index contributed by atoms with van der Waals surface area (Å²) in [5.41, 5.74) is 1.06. The maximum absolute atomic E-state index is 12.5. The van der Waals surface area contributed by atoms with Gasteiger partial charge in [-0.15, -0.1) is 0 Å². The van der Waals surface area contributed by atoms with Gasteiger partial charge in [-0.3, -0.25) is 4.79 Å². The van der Waals surface area contributed by atoms with Crippen LogP contribution in [0.15, 0.2) is 6.58 Å². The zero-order valence-electron chi connectivity index (χ0n) is 16.1. The molecule has 0 aromatic carbocycles. The summed E-state index contributed by atoms with van der Waals surface area (Å²) in [6.07, 6.45) is 2.39. The first-order valence-electron chi connectivity index (χ1n) is 9.07. The predicted octanol–water partition coefficient (Wildman–Crippen LogP) is 2.45. The van der Waals surface area contributed by atoms with Crippen LogP contribution in [0.3, 0.4) is 0 Å². The van der Waals surface area contributed by atoms with E-state index in [2.05, 4.69) is 26.8 Å². The summed E-state index contributed by atoms with van der Waals surface area (Å²) in [4.78, 5) is 37.4. The summed E-state index contributed by atoms with van der Waals surface area (Å²) in [7, 11) is 1.58. The molecule has 2 aromatic heterocycles. The number of rotatable bonds is 7. The first kappa shape index (κ1) is 21.3. The van der Waals surface area contributed by atoms with E-state index >= 15 is 0 Å². The van der Waals surface area contributed by atoms with Gasteiger partial charge in [0.25, 0.3) is 5.91 Å². The number of amides is 1. The molecular weight excluding hydrogens is 418 g/mol. The number of aryl methyl sites for hydroxylation is 1. The van der Waals surface area contributed by atoms with Crippen LogP contribution in [0, 0.1) is 0 Å². The number of aromatic carboxylic acids is 1. The molecule has 9 nitrogen and oxygen atoms in total. The Hall–Kier alpha value is -2.43. The minimum atomic E-state index is -1.03. The second-order valence-electron chi connectivity index (χ2n) is 6.52. The summed E-state index contributed by atoms with van der Waals surface area (Å²) in [6, 6.07) is -0.226. The van der Waals surface area contributed by atoms with E-state index in [1.54, 1.807) is 7.11 Å². The first-order chi connectivity index (χ1) is 13.9. The number of carbonyl (C=O) groups excluding carboxylic acids is 1. The molecular formula is C18H22ClN5O4S. The molecule has 1 aliphatic heterocycles. The quantitative estimate of drug-likeness (QED) is 0.605. The number of hydrogen-bond donors (Lipinski definition) is 3. The Bertz CT molecular complexity index is 927. The maximum Gasteiger partial charge on any atom is 0.348 e. The van der Waals surface area contributed by atoms with E-state index in [1.807, 2.05) is 11.8 Å². The van der Waals surface area contributed by atoms with E-state index in [9.17, 15) is 14.7 Å². The zero-order valence-corrected chi connectivity index (χ0v) is 17.6. The Balaban J connectivity index is 1.70. The molecule has 1 amide bonds. The van der Waals surface area contributed by atoms with Crippen molar-refractivity contribution in [2.24, 2.45) is 0 Å². The van der Waals surface area contributed by atoms with Gasteiger partial charge in [-0.2, -0.15) is 0 Å². The van der Waals surface area contributed by atoms with Crippen molar-refractivity contribution >= 4 is 46.0 Å². The number of H-pyrrole nitrogens is 1. The number of aromatic amines is 1. The topological polar surface area (TPSA) is 120 Å². The van der Waals surface area contributed by atoms with Crippen LogP contribution < -0.4 is 10.2 Å². The number of nitrogens with zero attached hydrogens (tertiary/aromatic N) is 3. The molecule has 1 fully saturated rings. The fourth-order valence-electron chi connectivity index (χ4n) is 3.21. The van der Waals surface area contributed by atoms with Gasteiger partial charge in [-0.1, -0.05) is 36.4 Å². The highest BCUT2D eigenvalue weighted by molar-refractivity contribution is 7.17. The number of methoxy groups -OCH3 is 1. The van der Waals surface area contributed by atoms with Crippen molar-refractivity contribution in [3.05, 3.63) is 33.8 Å². The lowest BCUT2D eigenvalue weighted by Crippen LogP contribution is -2.55. The van der Waals surface area contributed by atoms with Gasteiger partial charge in [0.05, 0.1) is 23.5 Å². The van der Waals surface area contributed by atoms with Gasteiger partial charge in [0, 0.05) is 20.2 Å².